The average molecular weight is 274 g/mol. The Morgan fingerprint density at radius 3 is 1.50 bits per heavy atom. The minimum Gasteiger partial charge on any atom is -0.546 e. The van der Waals surface area contributed by atoms with Crippen LogP contribution in [0, 0.1) is 0 Å². The summed E-state index contributed by atoms with van der Waals surface area (Å²) in [4.78, 5) is 11.4. The van der Waals surface area contributed by atoms with Crippen LogP contribution in [0.3, 0.4) is 0 Å². The Labute approximate surface area is 114 Å². The predicted octanol–water partition coefficient (Wildman–Crippen LogP) is 3.54. The highest BCUT2D eigenvalue weighted by molar-refractivity contribution is 7.77. The Morgan fingerprint density at radius 1 is 0.944 bits per heavy atom. The summed E-state index contributed by atoms with van der Waals surface area (Å²) < 4.78 is 0. The predicted molar refractivity (Wildman–Crippen MR) is 80.7 cm³/mol. The van der Waals surface area contributed by atoms with Crippen LogP contribution in [-0.2, 0) is 4.79 Å². The quantitative estimate of drug-likeness (QED) is 0.541. The first-order valence-electron chi connectivity index (χ1n) is 7.60. The minimum absolute atomic E-state index is 0.206. The fourth-order valence-electron chi connectivity index (χ4n) is 2.56. The van der Waals surface area contributed by atoms with Gasteiger partial charge in [-0.2, -0.15) is 0 Å². The molecule has 2 nitrogen and oxygen atoms in total. The van der Waals surface area contributed by atoms with Crippen LogP contribution in [0.15, 0.2) is 0 Å². The van der Waals surface area contributed by atoms with Gasteiger partial charge in [-0.1, -0.05) is 40.0 Å². The first-order valence-corrected chi connectivity index (χ1v) is 10.0. The second-order valence-corrected chi connectivity index (χ2v) is 10.00. The van der Waals surface area contributed by atoms with Crippen molar-refractivity contribution in [3.05, 3.63) is 0 Å². The van der Waals surface area contributed by atoms with Gasteiger partial charge < -0.3 is 9.90 Å². The topological polar surface area (TPSA) is 40.1 Å². The number of rotatable bonds is 11. The molecular formula is C15H31O2P. The van der Waals surface area contributed by atoms with Crippen molar-refractivity contribution in [2.75, 3.05) is 18.5 Å². The molecule has 0 aliphatic heterocycles. The van der Waals surface area contributed by atoms with Gasteiger partial charge in [-0.3, -0.25) is 0 Å². The Kier molecular flexibility index (Phi) is 9.73. The number of carbonyl (C=O) groups is 1. The molecule has 0 rings (SSSR count). The molecule has 0 spiro atoms. The van der Waals surface area contributed by atoms with E-state index in [4.69, 9.17) is 0 Å². The smallest absolute Gasteiger partial charge is 0.106 e. The van der Waals surface area contributed by atoms with Gasteiger partial charge in [0.05, 0.1) is 24.5 Å². The molecule has 0 radical (unpaired) electrons. The number of aliphatic carboxylic acids is 1. The van der Waals surface area contributed by atoms with Gasteiger partial charge in [-0.25, -0.2) is 0 Å². The van der Waals surface area contributed by atoms with Gasteiger partial charge in [0.1, 0.15) is 5.66 Å². The van der Waals surface area contributed by atoms with E-state index < -0.39 is 13.2 Å². The van der Waals surface area contributed by atoms with Gasteiger partial charge in [0.25, 0.3) is 0 Å². The monoisotopic (exact) mass is 274 g/mol. The number of unbranched alkanes of at least 4 members (excludes halogenated alkanes) is 3. The minimum atomic E-state index is -1.35. The zero-order valence-electron chi connectivity index (χ0n) is 12.7. The molecule has 0 aromatic rings. The Hall–Kier alpha value is -0.100. The molecule has 3 heteroatoms. The molecule has 0 bridgehead atoms. The lowest BCUT2D eigenvalue weighted by Gasteiger charge is -2.34. The molecule has 1 atom stereocenters. The van der Waals surface area contributed by atoms with Crippen LogP contribution in [0.5, 0.6) is 0 Å². The van der Waals surface area contributed by atoms with Crippen LogP contribution < -0.4 is 5.11 Å². The van der Waals surface area contributed by atoms with Crippen LogP contribution in [0.4, 0.5) is 0 Å². The van der Waals surface area contributed by atoms with Crippen molar-refractivity contribution < 1.29 is 9.90 Å². The molecule has 108 valence electrons. The molecule has 0 aromatic heterocycles. The third kappa shape index (κ3) is 5.69. The highest BCUT2D eigenvalue weighted by Gasteiger charge is 2.41. The summed E-state index contributed by atoms with van der Waals surface area (Å²) in [7, 11) is -1.35. The molecule has 0 amide bonds. The summed E-state index contributed by atoms with van der Waals surface area (Å²) in [5.41, 5.74) is -0.206. The van der Waals surface area contributed by atoms with Crippen LogP contribution in [0.25, 0.3) is 0 Å². The first kappa shape index (κ1) is 17.9. The molecule has 0 N–H and O–H groups in total. The molecule has 0 saturated carbocycles. The van der Waals surface area contributed by atoms with Crippen molar-refractivity contribution in [2.24, 2.45) is 0 Å². The van der Waals surface area contributed by atoms with Crippen LogP contribution in [0.2, 0.25) is 0 Å². The standard InChI is InChI=1S/C15H31O2P/c1-5-8-11-18(12-9-6-2,13-10-7-3)14(4)15(16)17/h14H,5-13H2,1-4H3. The number of carboxylic acids is 1. The van der Waals surface area contributed by atoms with E-state index in [1.807, 2.05) is 6.92 Å². The number of hydrogen-bond acceptors (Lipinski definition) is 2. The van der Waals surface area contributed by atoms with Gasteiger partial charge in [0.2, 0.25) is 0 Å². The van der Waals surface area contributed by atoms with E-state index in [1.165, 1.54) is 38.5 Å². The maximum absolute atomic E-state index is 11.4. The van der Waals surface area contributed by atoms with E-state index in [0.717, 1.165) is 18.5 Å². The lowest BCUT2D eigenvalue weighted by Crippen LogP contribution is -2.37. The summed E-state index contributed by atoms with van der Waals surface area (Å²) in [6.07, 6.45) is 10.5. The number of carboxylic acid groups (broad SMARTS) is 1. The zero-order chi connectivity index (χ0) is 14.0. The number of carbonyl (C=O) groups excluding carboxylic acids is 1. The van der Waals surface area contributed by atoms with Crippen molar-refractivity contribution >= 4 is 13.2 Å². The third-order valence-electron chi connectivity index (χ3n) is 4.03. The molecule has 0 aliphatic rings. The van der Waals surface area contributed by atoms with Crippen LogP contribution >= 0.6 is 7.26 Å². The summed E-state index contributed by atoms with van der Waals surface area (Å²) in [5, 5.41) is 11.4. The SMILES string of the molecule is CCCC[P+](CCCC)(CCCC)C(C)C(=O)[O-]. The lowest BCUT2D eigenvalue weighted by atomic mass is 10.4. The van der Waals surface area contributed by atoms with E-state index in [0.29, 0.717) is 0 Å². The fourth-order valence-corrected chi connectivity index (χ4v) is 7.68. The van der Waals surface area contributed by atoms with E-state index >= 15 is 0 Å². The van der Waals surface area contributed by atoms with Crippen LogP contribution in [0.1, 0.15) is 66.2 Å². The van der Waals surface area contributed by atoms with Crippen molar-refractivity contribution in [1.29, 1.82) is 0 Å². The largest absolute Gasteiger partial charge is 0.546 e. The molecule has 0 aromatic carbocycles. The number of hydrogen-bond donors (Lipinski definition) is 0. The maximum atomic E-state index is 11.4. The summed E-state index contributed by atoms with van der Waals surface area (Å²) >= 11 is 0. The van der Waals surface area contributed by atoms with Crippen LogP contribution in [-0.4, -0.2) is 30.1 Å². The highest BCUT2D eigenvalue weighted by atomic mass is 31.2. The second kappa shape index (κ2) is 9.78. The Balaban J connectivity index is 4.89. The maximum Gasteiger partial charge on any atom is 0.106 e. The van der Waals surface area contributed by atoms with Crippen molar-refractivity contribution in [1.82, 2.24) is 0 Å². The zero-order valence-corrected chi connectivity index (χ0v) is 13.6. The fraction of sp³-hybridized carbons (Fsp3) is 0.933. The second-order valence-electron chi connectivity index (χ2n) is 5.45. The van der Waals surface area contributed by atoms with Gasteiger partial charge in [0.15, 0.2) is 0 Å². The van der Waals surface area contributed by atoms with E-state index in [1.54, 1.807) is 0 Å². The summed E-state index contributed by atoms with van der Waals surface area (Å²) in [6, 6.07) is 0. The molecular weight excluding hydrogens is 243 g/mol. The van der Waals surface area contributed by atoms with Gasteiger partial charge >= 0.3 is 0 Å². The van der Waals surface area contributed by atoms with Crippen molar-refractivity contribution in [3.8, 4) is 0 Å². The average Bonchev–Trinajstić information content (AvgIpc) is 2.37. The van der Waals surface area contributed by atoms with E-state index in [9.17, 15) is 9.90 Å². The summed E-state index contributed by atoms with van der Waals surface area (Å²) in [6.45, 7) is 8.48. The molecule has 0 aliphatic carbocycles. The van der Waals surface area contributed by atoms with E-state index in [-0.39, 0.29) is 5.66 Å². The highest BCUT2D eigenvalue weighted by Crippen LogP contribution is 2.64. The third-order valence-corrected chi connectivity index (χ3v) is 9.51. The molecule has 0 fully saturated rings. The van der Waals surface area contributed by atoms with Crippen molar-refractivity contribution in [2.45, 2.75) is 71.9 Å². The molecule has 0 heterocycles. The first-order chi connectivity index (χ1) is 8.54. The molecule has 0 saturated heterocycles. The molecule has 18 heavy (non-hydrogen) atoms. The van der Waals surface area contributed by atoms with E-state index in [2.05, 4.69) is 20.8 Å². The van der Waals surface area contributed by atoms with Gasteiger partial charge in [-0.05, 0) is 26.2 Å². The van der Waals surface area contributed by atoms with Crippen molar-refractivity contribution in [3.63, 3.8) is 0 Å². The summed E-state index contributed by atoms with van der Waals surface area (Å²) in [5.74, 6) is -0.813. The Morgan fingerprint density at radius 2 is 1.28 bits per heavy atom. The Bertz CT molecular complexity index is 207. The normalized spacial score (nSPS) is 13.6. The molecule has 1 unspecified atom stereocenters. The van der Waals surface area contributed by atoms with Gasteiger partial charge in [0, 0.05) is 7.26 Å². The van der Waals surface area contributed by atoms with Gasteiger partial charge in [-0.15, -0.1) is 0 Å². The lowest BCUT2D eigenvalue weighted by molar-refractivity contribution is -0.304.